The molecule has 1 fully saturated rings. The Labute approximate surface area is 78.1 Å². The lowest BCUT2D eigenvalue weighted by Gasteiger charge is -2.15. The van der Waals surface area contributed by atoms with Crippen LogP contribution in [0.25, 0.3) is 0 Å². The van der Waals surface area contributed by atoms with Crippen LogP contribution in [0.15, 0.2) is 0 Å². The first kappa shape index (κ1) is 10.0. The summed E-state index contributed by atoms with van der Waals surface area (Å²) < 4.78 is 0. The highest BCUT2D eigenvalue weighted by atomic mass is 16.2. The molecule has 0 aliphatic carbocycles. The van der Waals surface area contributed by atoms with E-state index in [-0.39, 0.29) is 23.9 Å². The third kappa shape index (κ3) is 2.72. The highest BCUT2D eigenvalue weighted by Crippen LogP contribution is 2.06. The molecule has 1 aliphatic heterocycles. The van der Waals surface area contributed by atoms with Crippen molar-refractivity contribution in [1.29, 1.82) is 0 Å². The van der Waals surface area contributed by atoms with Crippen molar-refractivity contribution < 1.29 is 9.59 Å². The number of amides is 2. The lowest BCUT2D eigenvalue weighted by Crippen LogP contribution is -2.44. The number of hydrogen-bond donors (Lipinski definition) is 2. The number of carbonyl (C=O) groups is 2. The summed E-state index contributed by atoms with van der Waals surface area (Å²) in [6.45, 7) is 3.97. The standard InChI is InChI=1S/C9H16N2O2/c1-3-6(2)10-9(13)7-4-5-8(12)11-7/h6-7H,3-5H2,1-2H3,(H,10,13)(H,11,12)/t6-,7+/m1/s1. The molecule has 0 radical (unpaired) electrons. The largest absolute Gasteiger partial charge is 0.352 e. The number of carbonyl (C=O) groups excluding carboxylic acids is 2. The van der Waals surface area contributed by atoms with Crippen molar-refractivity contribution >= 4 is 11.8 Å². The minimum atomic E-state index is -0.304. The van der Waals surface area contributed by atoms with Crippen LogP contribution in [0.3, 0.4) is 0 Å². The van der Waals surface area contributed by atoms with Crippen LogP contribution in [-0.2, 0) is 9.59 Å². The zero-order chi connectivity index (χ0) is 9.84. The molecule has 0 unspecified atom stereocenters. The Balaban J connectivity index is 2.35. The quantitative estimate of drug-likeness (QED) is 0.657. The van der Waals surface area contributed by atoms with E-state index in [0.29, 0.717) is 12.8 Å². The van der Waals surface area contributed by atoms with Crippen LogP contribution in [-0.4, -0.2) is 23.9 Å². The lowest BCUT2D eigenvalue weighted by atomic mass is 10.2. The number of nitrogens with one attached hydrogen (secondary N) is 2. The van der Waals surface area contributed by atoms with Gasteiger partial charge in [0, 0.05) is 12.5 Å². The Morgan fingerprint density at radius 1 is 1.77 bits per heavy atom. The van der Waals surface area contributed by atoms with E-state index >= 15 is 0 Å². The minimum absolute atomic E-state index is 0.0238. The van der Waals surface area contributed by atoms with Gasteiger partial charge in [-0.2, -0.15) is 0 Å². The van der Waals surface area contributed by atoms with E-state index in [1.165, 1.54) is 0 Å². The summed E-state index contributed by atoms with van der Waals surface area (Å²) >= 11 is 0. The molecule has 0 spiro atoms. The highest BCUT2D eigenvalue weighted by Gasteiger charge is 2.27. The Morgan fingerprint density at radius 3 is 2.92 bits per heavy atom. The van der Waals surface area contributed by atoms with Crippen LogP contribution in [0.2, 0.25) is 0 Å². The van der Waals surface area contributed by atoms with Crippen molar-refractivity contribution in [3.8, 4) is 0 Å². The molecule has 74 valence electrons. The second-order valence-electron chi connectivity index (χ2n) is 3.48. The zero-order valence-electron chi connectivity index (χ0n) is 8.09. The molecule has 1 aliphatic rings. The molecule has 1 saturated heterocycles. The van der Waals surface area contributed by atoms with Gasteiger partial charge in [-0.3, -0.25) is 9.59 Å². The van der Waals surface area contributed by atoms with E-state index in [1.54, 1.807) is 0 Å². The summed E-state index contributed by atoms with van der Waals surface area (Å²) in [5.74, 6) is -0.0792. The third-order valence-corrected chi connectivity index (χ3v) is 2.31. The van der Waals surface area contributed by atoms with Crippen LogP contribution in [0.5, 0.6) is 0 Å². The summed E-state index contributed by atoms with van der Waals surface area (Å²) in [6.07, 6.45) is 2.01. The molecule has 0 aromatic carbocycles. The zero-order valence-corrected chi connectivity index (χ0v) is 8.09. The second-order valence-corrected chi connectivity index (χ2v) is 3.48. The van der Waals surface area contributed by atoms with E-state index in [9.17, 15) is 9.59 Å². The van der Waals surface area contributed by atoms with Gasteiger partial charge in [0.15, 0.2) is 0 Å². The van der Waals surface area contributed by atoms with Crippen LogP contribution >= 0.6 is 0 Å². The van der Waals surface area contributed by atoms with Crippen molar-refractivity contribution in [3.05, 3.63) is 0 Å². The molecule has 13 heavy (non-hydrogen) atoms. The first-order chi connectivity index (χ1) is 6.13. The van der Waals surface area contributed by atoms with Crippen LogP contribution in [0.4, 0.5) is 0 Å². The van der Waals surface area contributed by atoms with Crippen molar-refractivity contribution in [2.75, 3.05) is 0 Å². The van der Waals surface area contributed by atoms with Gasteiger partial charge < -0.3 is 10.6 Å². The average Bonchev–Trinajstić information content (AvgIpc) is 2.51. The van der Waals surface area contributed by atoms with E-state index in [4.69, 9.17) is 0 Å². The van der Waals surface area contributed by atoms with Crippen molar-refractivity contribution in [3.63, 3.8) is 0 Å². The second kappa shape index (κ2) is 4.25. The maximum atomic E-state index is 11.4. The predicted octanol–water partition coefficient (Wildman–Crippen LogP) is 0.180. The number of rotatable bonds is 3. The SMILES string of the molecule is CC[C@@H](C)NC(=O)[C@@H]1CCC(=O)N1. The summed E-state index contributed by atoms with van der Waals surface area (Å²) in [6, 6.07) is -0.119. The highest BCUT2D eigenvalue weighted by molar-refractivity contribution is 5.90. The molecule has 0 bridgehead atoms. The predicted molar refractivity (Wildman–Crippen MR) is 49.1 cm³/mol. The van der Waals surface area contributed by atoms with E-state index in [1.807, 2.05) is 13.8 Å². The molecule has 2 atom stereocenters. The van der Waals surface area contributed by atoms with Gasteiger partial charge in [-0.1, -0.05) is 6.92 Å². The molecular weight excluding hydrogens is 168 g/mol. The Morgan fingerprint density at radius 2 is 2.46 bits per heavy atom. The van der Waals surface area contributed by atoms with E-state index in [2.05, 4.69) is 10.6 Å². The van der Waals surface area contributed by atoms with Gasteiger partial charge >= 0.3 is 0 Å². The third-order valence-electron chi connectivity index (χ3n) is 2.31. The van der Waals surface area contributed by atoms with Gasteiger partial charge in [0.05, 0.1) is 0 Å². The van der Waals surface area contributed by atoms with Gasteiger partial charge in [-0.25, -0.2) is 0 Å². The normalized spacial score (nSPS) is 23.8. The first-order valence-electron chi connectivity index (χ1n) is 4.73. The number of hydrogen-bond acceptors (Lipinski definition) is 2. The molecule has 2 N–H and O–H groups in total. The van der Waals surface area contributed by atoms with Gasteiger partial charge in [-0.05, 0) is 19.8 Å². The fraction of sp³-hybridized carbons (Fsp3) is 0.778. The van der Waals surface area contributed by atoms with Crippen molar-refractivity contribution in [1.82, 2.24) is 10.6 Å². The van der Waals surface area contributed by atoms with Crippen molar-refractivity contribution in [2.45, 2.75) is 45.2 Å². The summed E-state index contributed by atoms with van der Waals surface area (Å²) in [4.78, 5) is 22.3. The van der Waals surface area contributed by atoms with Crippen molar-refractivity contribution in [2.24, 2.45) is 0 Å². The molecule has 4 heteroatoms. The summed E-state index contributed by atoms with van der Waals surface area (Å²) in [5, 5.41) is 5.47. The Bertz CT molecular complexity index is 216. The summed E-state index contributed by atoms with van der Waals surface area (Å²) in [7, 11) is 0. The molecule has 4 nitrogen and oxygen atoms in total. The fourth-order valence-electron chi connectivity index (χ4n) is 1.26. The molecule has 0 aromatic rings. The topological polar surface area (TPSA) is 58.2 Å². The Kier molecular flexibility index (Phi) is 3.28. The van der Waals surface area contributed by atoms with E-state index < -0.39 is 0 Å². The summed E-state index contributed by atoms with van der Waals surface area (Å²) in [5.41, 5.74) is 0. The van der Waals surface area contributed by atoms with Gasteiger partial charge in [0.1, 0.15) is 6.04 Å². The first-order valence-corrected chi connectivity index (χ1v) is 4.73. The van der Waals surface area contributed by atoms with Crippen LogP contribution in [0, 0.1) is 0 Å². The maximum Gasteiger partial charge on any atom is 0.242 e. The maximum absolute atomic E-state index is 11.4. The molecule has 0 aromatic heterocycles. The van der Waals surface area contributed by atoms with Crippen LogP contribution < -0.4 is 10.6 Å². The van der Waals surface area contributed by atoms with E-state index in [0.717, 1.165) is 6.42 Å². The smallest absolute Gasteiger partial charge is 0.242 e. The lowest BCUT2D eigenvalue weighted by molar-refractivity contribution is -0.126. The monoisotopic (exact) mass is 184 g/mol. The Hall–Kier alpha value is -1.06. The molecule has 1 rings (SSSR count). The van der Waals surface area contributed by atoms with Gasteiger partial charge in [0.2, 0.25) is 11.8 Å². The fourth-order valence-corrected chi connectivity index (χ4v) is 1.26. The van der Waals surface area contributed by atoms with Gasteiger partial charge in [-0.15, -0.1) is 0 Å². The molecule has 2 amide bonds. The van der Waals surface area contributed by atoms with Gasteiger partial charge in [0.25, 0.3) is 0 Å². The minimum Gasteiger partial charge on any atom is -0.352 e. The van der Waals surface area contributed by atoms with Crippen LogP contribution in [0.1, 0.15) is 33.1 Å². The molecular formula is C9H16N2O2. The molecule has 1 heterocycles. The molecule has 0 saturated carbocycles. The average molecular weight is 184 g/mol.